The van der Waals surface area contributed by atoms with Crippen LogP contribution in [0.3, 0.4) is 0 Å². The quantitative estimate of drug-likeness (QED) is 0.869. The Hall–Kier alpha value is -1.71. The van der Waals surface area contributed by atoms with Crippen LogP contribution < -0.4 is 5.32 Å². The van der Waals surface area contributed by atoms with E-state index < -0.39 is 5.60 Å². The number of alkyl carbamates (subject to hydrolysis) is 1. The van der Waals surface area contributed by atoms with Crippen LogP contribution >= 0.6 is 0 Å². The van der Waals surface area contributed by atoms with E-state index in [2.05, 4.69) is 5.32 Å². The fraction of sp³-hybridized carbons (Fsp3) is 0.562. The van der Waals surface area contributed by atoms with Gasteiger partial charge in [-0.25, -0.2) is 4.79 Å². The number of rotatable bonds is 2. The zero-order valence-electron chi connectivity index (χ0n) is 12.3. The van der Waals surface area contributed by atoms with E-state index in [0.29, 0.717) is 11.7 Å². The van der Waals surface area contributed by atoms with Crippen molar-refractivity contribution >= 4 is 6.09 Å². The number of hydrogen-bond acceptors (Lipinski definition) is 3. The van der Waals surface area contributed by atoms with Crippen LogP contribution in [0.5, 0.6) is 5.75 Å². The Morgan fingerprint density at radius 3 is 2.65 bits per heavy atom. The minimum atomic E-state index is -0.472. The number of amides is 1. The molecule has 20 heavy (non-hydrogen) atoms. The molecule has 110 valence electrons. The third kappa shape index (κ3) is 3.89. The molecule has 0 spiro atoms. The maximum absolute atomic E-state index is 11.7. The standard InChI is InChI=1S/C16H23NO3/c1-16(2,3)20-15(19)17-12-9-8-11(10-12)13-6-4-5-7-14(13)18/h4-7,11-12,18H,8-10H2,1-3H3,(H,17,19)/t11-,12-/m1/s1. The molecule has 0 saturated heterocycles. The number of hydrogen-bond donors (Lipinski definition) is 2. The maximum Gasteiger partial charge on any atom is 0.407 e. The maximum atomic E-state index is 11.7. The van der Waals surface area contributed by atoms with Gasteiger partial charge in [0.2, 0.25) is 0 Å². The third-order valence-corrected chi connectivity index (χ3v) is 3.53. The van der Waals surface area contributed by atoms with E-state index in [-0.39, 0.29) is 12.1 Å². The first-order valence-corrected chi connectivity index (χ1v) is 7.12. The molecule has 1 aromatic rings. The number of benzene rings is 1. The normalized spacial score (nSPS) is 22.6. The van der Waals surface area contributed by atoms with Gasteiger partial charge in [0.15, 0.2) is 0 Å². The average molecular weight is 277 g/mol. The summed E-state index contributed by atoms with van der Waals surface area (Å²) in [4.78, 5) is 11.7. The molecule has 1 aliphatic rings. The van der Waals surface area contributed by atoms with Gasteiger partial charge in [-0.2, -0.15) is 0 Å². The predicted octanol–water partition coefficient (Wildman–Crippen LogP) is 3.55. The highest BCUT2D eigenvalue weighted by Gasteiger charge is 2.29. The van der Waals surface area contributed by atoms with Crippen LogP contribution in [-0.2, 0) is 4.74 Å². The number of phenols is 1. The lowest BCUT2D eigenvalue weighted by Gasteiger charge is -2.21. The lowest BCUT2D eigenvalue weighted by Crippen LogP contribution is -2.37. The van der Waals surface area contributed by atoms with Gasteiger partial charge in [-0.15, -0.1) is 0 Å². The second kappa shape index (κ2) is 5.73. The summed E-state index contributed by atoms with van der Waals surface area (Å²) in [5.41, 5.74) is 0.501. The molecule has 0 heterocycles. The summed E-state index contributed by atoms with van der Waals surface area (Å²) in [6, 6.07) is 7.54. The molecule has 0 aliphatic heterocycles. The largest absolute Gasteiger partial charge is 0.508 e. The highest BCUT2D eigenvalue weighted by atomic mass is 16.6. The number of para-hydroxylation sites is 1. The fourth-order valence-electron chi connectivity index (χ4n) is 2.70. The van der Waals surface area contributed by atoms with Crippen molar-refractivity contribution in [2.45, 2.75) is 57.6 Å². The summed E-state index contributed by atoms with van der Waals surface area (Å²) in [6.07, 6.45) is 2.37. The predicted molar refractivity (Wildman–Crippen MR) is 77.9 cm³/mol. The van der Waals surface area contributed by atoms with Crippen LogP contribution in [0.1, 0.15) is 51.5 Å². The fourth-order valence-corrected chi connectivity index (χ4v) is 2.70. The molecule has 1 fully saturated rings. The highest BCUT2D eigenvalue weighted by molar-refractivity contribution is 5.68. The lowest BCUT2D eigenvalue weighted by molar-refractivity contribution is 0.0505. The topological polar surface area (TPSA) is 58.6 Å². The number of carbonyl (C=O) groups excluding carboxylic acids is 1. The van der Waals surface area contributed by atoms with Crippen LogP contribution in [0.2, 0.25) is 0 Å². The number of aromatic hydroxyl groups is 1. The molecule has 4 nitrogen and oxygen atoms in total. The van der Waals surface area contributed by atoms with Crippen molar-refractivity contribution in [2.75, 3.05) is 0 Å². The molecule has 0 bridgehead atoms. The molecule has 1 saturated carbocycles. The van der Waals surface area contributed by atoms with E-state index in [1.165, 1.54) is 0 Å². The summed E-state index contributed by atoms with van der Waals surface area (Å²) in [5.74, 6) is 0.645. The molecule has 1 aromatic carbocycles. The number of nitrogens with one attached hydrogen (secondary N) is 1. The number of carbonyl (C=O) groups is 1. The van der Waals surface area contributed by atoms with Gasteiger partial charge >= 0.3 is 6.09 Å². The zero-order valence-corrected chi connectivity index (χ0v) is 12.3. The minimum absolute atomic E-state index is 0.120. The van der Waals surface area contributed by atoms with E-state index in [9.17, 15) is 9.90 Å². The van der Waals surface area contributed by atoms with E-state index in [1.54, 1.807) is 6.07 Å². The molecule has 1 amide bonds. The van der Waals surface area contributed by atoms with Gasteiger partial charge < -0.3 is 15.2 Å². The van der Waals surface area contributed by atoms with Crippen LogP contribution in [0.25, 0.3) is 0 Å². The van der Waals surface area contributed by atoms with E-state index >= 15 is 0 Å². The van der Waals surface area contributed by atoms with Gasteiger partial charge in [-0.3, -0.25) is 0 Å². The third-order valence-electron chi connectivity index (χ3n) is 3.53. The molecule has 4 heteroatoms. The van der Waals surface area contributed by atoms with E-state index in [1.807, 2.05) is 39.0 Å². The second-order valence-corrected chi connectivity index (χ2v) is 6.41. The molecular formula is C16H23NO3. The number of phenolic OH excluding ortho intramolecular Hbond substituents is 1. The van der Waals surface area contributed by atoms with Crippen molar-refractivity contribution < 1.29 is 14.6 Å². The van der Waals surface area contributed by atoms with Gasteiger partial charge in [0, 0.05) is 6.04 Å². The first-order valence-electron chi connectivity index (χ1n) is 7.12. The highest BCUT2D eigenvalue weighted by Crippen LogP contribution is 2.38. The zero-order chi connectivity index (χ0) is 14.8. The van der Waals surface area contributed by atoms with Crippen LogP contribution in [0.4, 0.5) is 4.79 Å². The molecule has 1 aliphatic carbocycles. The molecule has 0 unspecified atom stereocenters. The van der Waals surface area contributed by atoms with Crippen molar-refractivity contribution in [3.63, 3.8) is 0 Å². The van der Waals surface area contributed by atoms with Crippen LogP contribution in [0, 0.1) is 0 Å². The van der Waals surface area contributed by atoms with Gasteiger partial charge in [-0.1, -0.05) is 18.2 Å². The molecule has 2 N–H and O–H groups in total. The van der Waals surface area contributed by atoms with Crippen molar-refractivity contribution in [3.8, 4) is 5.75 Å². The summed E-state index contributed by atoms with van der Waals surface area (Å²) >= 11 is 0. The summed E-state index contributed by atoms with van der Waals surface area (Å²) in [6.45, 7) is 5.56. The Morgan fingerprint density at radius 1 is 1.30 bits per heavy atom. The monoisotopic (exact) mass is 277 g/mol. The summed E-state index contributed by atoms with van der Waals surface area (Å²) < 4.78 is 5.26. The summed E-state index contributed by atoms with van der Waals surface area (Å²) in [5, 5.41) is 12.8. The van der Waals surface area contributed by atoms with Gasteiger partial charge in [-0.05, 0) is 57.6 Å². The average Bonchev–Trinajstić information content (AvgIpc) is 2.75. The molecule has 2 rings (SSSR count). The van der Waals surface area contributed by atoms with Crippen molar-refractivity contribution in [2.24, 2.45) is 0 Å². The SMILES string of the molecule is CC(C)(C)OC(=O)N[C@@H]1CC[C@@H](c2ccccc2O)C1. The first kappa shape index (κ1) is 14.7. The molecule has 0 radical (unpaired) electrons. The van der Waals surface area contributed by atoms with Crippen LogP contribution in [0.15, 0.2) is 24.3 Å². The van der Waals surface area contributed by atoms with Crippen molar-refractivity contribution in [1.82, 2.24) is 5.32 Å². The Kier molecular flexibility index (Phi) is 4.21. The Morgan fingerprint density at radius 2 is 2.00 bits per heavy atom. The van der Waals surface area contributed by atoms with E-state index in [4.69, 9.17) is 4.74 Å². The first-order chi connectivity index (χ1) is 9.35. The molecular weight excluding hydrogens is 254 g/mol. The van der Waals surface area contributed by atoms with E-state index in [0.717, 1.165) is 24.8 Å². The smallest absolute Gasteiger partial charge is 0.407 e. The second-order valence-electron chi connectivity index (χ2n) is 6.41. The van der Waals surface area contributed by atoms with Crippen molar-refractivity contribution in [1.29, 1.82) is 0 Å². The van der Waals surface area contributed by atoms with Crippen LogP contribution in [-0.4, -0.2) is 22.8 Å². The Bertz CT molecular complexity index is 479. The Balaban J connectivity index is 1.90. The van der Waals surface area contributed by atoms with Crippen molar-refractivity contribution in [3.05, 3.63) is 29.8 Å². The van der Waals surface area contributed by atoms with Gasteiger partial charge in [0.1, 0.15) is 11.4 Å². The lowest BCUT2D eigenvalue weighted by atomic mass is 9.96. The summed E-state index contributed by atoms with van der Waals surface area (Å²) in [7, 11) is 0. The molecule has 2 atom stereocenters. The number of ether oxygens (including phenoxy) is 1. The van der Waals surface area contributed by atoms with Gasteiger partial charge in [0.25, 0.3) is 0 Å². The Labute approximate surface area is 120 Å². The van der Waals surface area contributed by atoms with Gasteiger partial charge in [0.05, 0.1) is 0 Å². The minimum Gasteiger partial charge on any atom is -0.508 e. The molecule has 0 aromatic heterocycles.